The van der Waals surface area contributed by atoms with Gasteiger partial charge in [0.1, 0.15) is 5.75 Å². The number of rotatable bonds is 4. The van der Waals surface area contributed by atoms with Gasteiger partial charge in [0.05, 0.1) is 31.1 Å². The molecule has 0 bridgehead atoms. The summed E-state index contributed by atoms with van der Waals surface area (Å²) in [7, 11) is 1.64. The Morgan fingerprint density at radius 2 is 2.33 bits per heavy atom. The van der Waals surface area contributed by atoms with Crippen LogP contribution in [-0.4, -0.2) is 21.9 Å². The molecule has 0 saturated heterocycles. The molecule has 1 fully saturated rings. The van der Waals surface area contributed by atoms with Crippen LogP contribution < -0.4 is 4.74 Å². The molecule has 106 valence electrons. The molecular weight excluding hydrogens is 264 g/mol. The third-order valence-electron chi connectivity index (χ3n) is 3.83. The van der Waals surface area contributed by atoms with Crippen molar-refractivity contribution in [2.24, 2.45) is 5.92 Å². The molecule has 2 heterocycles. The van der Waals surface area contributed by atoms with Crippen molar-refractivity contribution in [1.82, 2.24) is 14.8 Å². The van der Waals surface area contributed by atoms with E-state index in [-0.39, 0.29) is 0 Å². The molecule has 3 rings (SSSR count). The second-order valence-corrected chi connectivity index (χ2v) is 5.16. The van der Waals surface area contributed by atoms with Crippen LogP contribution in [0.3, 0.4) is 0 Å². The maximum atomic E-state index is 8.52. The number of hydrogen-bond donors (Lipinski definition) is 0. The standard InChI is InChI=1S/C16H16N4O/c1-21-15-4-6-18-16(9-15)13-10-19-20(11-13)14-7-12(8-14)3-2-5-17/h2-4,6,9-12,14H,7-8H2,1H3/b3-2+. The molecule has 2 aromatic rings. The number of nitriles is 1. The monoisotopic (exact) mass is 280 g/mol. The van der Waals surface area contributed by atoms with Crippen LogP contribution in [0.25, 0.3) is 11.3 Å². The van der Waals surface area contributed by atoms with Crippen molar-refractivity contribution in [3.63, 3.8) is 0 Å². The first-order valence-corrected chi connectivity index (χ1v) is 6.91. The van der Waals surface area contributed by atoms with Gasteiger partial charge in [-0.3, -0.25) is 9.67 Å². The minimum atomic E-state index is 0.415. The van der Waals surface area contributed by atoms with Gasteiger partial charge in [-0.05, 0) is 24.8 Å². The minimum absolute atomic E-state index is 0.415. The fourth-order valence-electron chi connectivity index (χ4n) is 2.55. The highest BCUT2D eigenvalue weighted by molar-refractivity contribution is 5.58. The van der Waals surface area contributed by atoms with Gasteiger partial charge in [-0.25, -0.2) is 0 Å². The van der Waals surface area contributed by atoms with Gasteiger partial charge in [0.25, 0.3) is 0 Å². The van der Waals surface area contributed by atoms with E-state index < -0.39 is 0 Å². The zero-order valence-electron chi connectivity index (χ0n) is 11.8. The topological polar surface area (TPSA) is 63.7 Å². The maximum Gasteiger partial charge on any atom is 0.122 e. The number of aromatic nitrogens is 3. The van der Waals surface area contributed by atoms with Gasteiger partial charge < -0.3 is 4.74 Å². The number of nitrogens with zero attached hydrogens (tertiary/aromatic N) is 4. The summed E-state index contributed by atoms with van der Waals surface area (Å²) in [6.07, 6.45) is 11.2. The molecule has 0 unspecified atom stereocenters. The van der Waals surface area contributed by atoms with E-state index in [1.807, 2.05) is 41.4 Å². The molecule has 0 atom stereocenters. The smallest absolute Gasteiger partial charge is 0.122 e. The van der Waals surface area contributed by atoms with E-state index >= 15 is 0 Å². The lowest BCUT2D eigenvalue weighted by molar-refractivity contribution is 0.224. The van der Waals surface area contributed by atoms with Crippen molar-refractivity contribution in [1.29, 1.82) is 5.26 Å². The van der Waals surface area contributed by atoms with E-state index in [0.717, 1.165) is 29.8 Å². The van der Waals surface area contributed by atoms with Crippen molar-refractivity contribution in [2.45, 2.75) is 18.9 Å². The summed E-state index contributed by atoms with van der Waals surface area (Å²) in [6, 6.07) is 6.18. The summed E-state index contributed by atoms with van der Waals surface area (Å²) >= 11 is 0. The van der Waals surface area contributed by atoms with E-state index in [2.05, 4.69) is 10.1 Å². The highest BCUT2D eigenvalue weighted by Gasteiger charge is 2.29. The predicted octanol–water partition coefficient (Wildman–Crippen LogP) is 2.98. The molecule has 1 aliphatic carbocycles. The van der Waals surface area contributed by atoms with Gasteiger partial charge >= 0.3 is 0 Å². The van der Waals surface area contributed by atoms with E-state index in [1.54, 1.807) is 19.4 Å². The lowest BCUT2D eigenvalue weighted by atomic mass is 9.80. The zero-order chi connectivity index (χ0) is 14.7. The SMILES string of the molecule is COc1ccnc(-c2cnn(C3CC(/C=C/C#N)C3)c2)c1. The molecule has 1 saturated carbocycles. The Morgan fingerprint density at radius 1 is 1.48 bits per heavy atom. The maximum absolute atomic E-state index is 8.52. The first kappa shape index (κ1) is 13.4. The number of ether oxygens (including phenoxy) is 1. The zero-order valence-corrected chi connectivity index (χ0v) is 11.8. The fourth-order valence-corrected chi connectivity index (χ4v) is 2.55. The Kier molecular flexibility index (Phi) is 3.69. The first-order valence-electron chi connectivity index (χ1n) is 6.91. The second kappa shape index (κ2) is 5.80. The van der Waals surface area contributed by atoms with Crippen molar-refractivity contribution in [3.05, 3.63) is 42.9 Å². The first-order chi connectivity index (χ1) is 10.3. The van der Waals surface area contributed by atoms with Crippen molar-refractivity contribution in [3.8, 4) is 23.1 Å². The summed E-state index contributed by atoms with van der Waals surface area (Å²) in [4.78, 5) is 4.35. The number of allylic oxidation sites excluding steroid dienone is 2. The normalized spacial score (nSPS) is 21.0. The Morgan fingerprint density at radius 3 is 3.10 bits per heavy atom. The molecule has 5 heteroatoms. The Balaban J connectivity index is 1.70. The third kappa shape index (κ3) is 2.79. The molecule has 2 aromatic heterocycles. The van der Waals surface area contributed by atoms with Gasteiger partial charge in [-0.1, -0.05) is 6.08 Å². The lowest BCUT2D eigenvalue weighted by Gasteiger charge is -2.33. The minimum Gasteiger partial charge on any atom is -0.497 e. The number of hydrogen-bond acceptors (Lipinski definition) is 4. The van der Waals surface area contributed by atoms with Crippen LogP contribution >= 0.6 is 0 Å². The van der Waals surface area contributed by atoms with Crippen LogP contribution in [0.2, 0.25) is 0 Å². The molecule has 0 spiro atoms. The number of pyridine rings is 1. The largest absolute Gasteiger partial charge is 0.497 e. The summed E-state index contributed by atoms with van der Waals surface area (Å²) in [5, 5.41) is 12.9. The molecule has 0 aliphatic heterocycles. The lowest BCUT2D eigenvalue weighted by Crippen LogP contribution is -2.25. The van der Waals surface area contributed by atoms with Crippen molar-refractivity contribution < 1.29 is 4.74 Å². The molecular formula is C16H16N4O. The quantitative estimate of drug-likeness (QED) is 0.808. The molecule has 21 heavy (non-hydrogen) atoms. The van der Waals surface area contributed by atoms with Crippen molar-refractivity contribution >= 4 is 0 Å². The second-order valence-electron chi connectivity index (χ2n) is 5.16. The van der Waals surface area contributed by atoms with Gasteiger partial charge in [0.2, 0.25) is 0 Å². The molecule has 0 aromatic carbocycles. The van der Waals surface area contributed by atoms with E-state index in [4.69, 9.17) is 10.00 Å². The summed E-state index contributed by atoms with van der Waals surface area (Å²) in [5.74, 6) is 1.29. The van der Waals surface area contributed by atoms with Gasteiger partial charge in [-0.2, -0.15) is 10.4 Å². The Labute approximate surface area is 123 Å². The van der Waals surface area contributed by atoms with E-state index in [0.29, 0.717) is 12.0 Å². The Hall–Kier alpha value is -2.61. The van der Waals surface area contributed by atoms with Gasteiger partial charge in [0.15, 0.2) is 0 Å². The summed E-state index contributed by atoms with van der Waals surface area (Å²) < 4.78 is 7.21. The third-order valence-corrected chi connectivity index (χ3v) is 3.83. The molecule has 0 N–H and O–H groups in total. The van der Waals surface area contributed by atoms with Crippen LogP contribution in [0.4, 0.5) is 0 Å². The van der Waals surface area contributed by atoms with Crippen LogP contribution in [0.1, 0.15) is 18.9 Å². The average molecular weight is 280 g/mol. The Bertz CT molecular complexity index is 692. The summed E-state index contributed by atoms with van der Waals surface area (Å²) in [5.41, 5.74) is 1.85. The molecule has 0 radical (unpaired) electrons. The van der Waals surface area contributed by atoms with E-state index in [1.165, 1.54) is 0 Å². The summed E-state index contributed by atoms with van der Waals surface area (Å²) in [6.45, 7) is 0. The molecule has 0 amide bonds. The highest BCUT2D eigenvalue weighted by atomic mass is 16.5. The van der Waals surface area contributed by atoms with Crippen LogP contribution in [0, 0.1) is 17.2 Å². The van der Waals surface area contributed by atoms with E-state index in [9.17, 15) is 0 Å². The molecule has 5 nitrogen and oxygen atoms in total. The van der Waals surface area contributed by atoms with Crippen LogP contribution in [0.15, 0.2) is 42.9 Å². The van der Waals surface area contributed by atoms with Crippen LogP contribution in [0.5, 0.6) is 5.75 Å². The fraction of sp³-hybridized carbons (Fsp3) is 0.312. The van der Waals surface area contributed by atoms with Crippen LogP contribution in [-0.2, 0) is 0 Å². The van der Waals surface area contributed by atoms with Gasteiger partial charge in [-0.15, -0.1) is 0 Å². The number of methoxy groups -OCH3 is 1. The predicted molar refractivity (Wildman–Crippen MR) is 78.5 cm³/mol. The molecule has 1 aliphatic rings. The highest BCUT2D eigenvalue weighted by Crippen LogP contribution is 2.38. The van der Waals surface area contributed by atoms with Gasteiger partial charge in [0, 0.05) is 30.1 Å². The van der Waals surface area contributed by atoms with Crippen molar-refractivity contribution in [2.75, 3.05) is 7.11 Å². The average Bonchev–Trinajstić information content (AvgIpc) is 2.95.